The highest BCUT2D eigenvalue weighted by Gasteiger charge is 2.28. The number of esters is 1. The fraction of sp³-hybridized carbons (Fsp3) is 0.516. The third-order valence-electron chi connectivity index (χ3n) is 8.21. The van der Waals surface area contributed by atoms with E-state index in [-0.39, 0.29) is 24.1 Å². The molecular weight excluding hydrogens is 504 g/mol. The number of ether oxygens (including phenoxy) is 2. The summed E-state index contributed by atoms with van der Waals surface area (Å²) >= 11 is 0. The summed E-state index contributed by atoms with van der Waals surface area (Å²) in [7, 11) is 0. The van der Waals surface area contributed by atoms with Gasteiger partial charge in [0.05, 0.1) is 12.1 Å². The van der Waals surface area contributed by atoms with Gasteiger partial charge in [0.2, 0.25) is 5.95 Å². The van der Waals surface area contributed by atoms with Gasteiger partial charge in [-0.3, -0.25) is 4.79 Å². The summed E-state index contributed by atoms with van der Waals surface area (Å²) < 4.78 is 11.9. The van der Waals surface area contributed by atoms with Gasteiger partial charge in [-0.2, -0.15) is 4.98 Å². The number of hydrogen-bond acceptors (Lipinski definition) is 9. The SMILES string of the molecule is Cc1c(CNc2ccc(OCC[C@H](NC3CCCCC3)C(=O)OC3CCCC3)cc2)ccc2nc(N)nc(N)c12. The Balaban J connectivity index is 1.13. The number of nitrogens with two attached hydrogens (primary N) is 2. The number of carbonyl (C=O) groups is 1. The molecule has 214 valence electrons. The van der Waals surface area contributed by atoms with Crippen LogP contribution in [0.25, 0.3) is 10.9 Å². The van der Waals surface area contributed by atoms with E-state index in [9.17, 15) is 4.79 Å². The van der Waals surface area contributed by atoms with Crippen LogP contribution in [0.3, 0.4) is 0 Å². The van der Waals surface area contributed by atoms with Crippen molar-refractivity contribution >= 4 is 34.3 Å². The van der Waals surface area contributed by atoms with Crippen molar-refractivity contribution in [1.82, 2.24) is 15.3 Å². The van der Waals surface area contributed by atoms with Gasteiger partial charge in [0.15, 0.2) is 0 Å². The molecule has 2 aliphatic carbocycles. The minimum atomic E-state index is -0.328. The zero-order chi connectivity index (χ0) is 27.9. The zero-order valence-corrected chi connectivity index (χ0v) is 23.5. The molecule has 0 spiro atoms. The van der Waals surface area contributed by atoms with Crippen LogP contribution >= 0.6 is 0 Å². The molecule has 0 aliphatic heterocycles. The quantitative estimate of drug-likeness (QED) is 0.237. The van der Waals surface area contributed by atoms with E-state index in [0.29, 0.717) is 31.4 Å². The lowest BCUT2D eigenvalue weighted by atomic mass is 9.94. The molecule has 1 atom stereocenters. The van der Waals surface area contributed by atoms with Crippen molar-refractivity contribution in [3.05, 3.63) is 47.5 Å². The third kappa shape index (κ3) is 7.13. The van der Waals surface area contributed by atoms with Crippen molar-refractivity contribution in [3.63, 3.8) is 0 Å². The molecule has 0 radical (unpaired) electrons. The van der Waals surface area contributed by atoms with Crippen LogP contribution in [0.4, 0.5) is 17.5 Å². The Labute approximate surface area is 236 Å². The molecule has 0 amide bonds. The van der Waals surface area contributed by atoms with Crippen molar-refractivity contribution in [1.29, 1.82) is 0 Å². The number of nitrogens with one attached hydrogen (secondary N) is 2. The van der Waals surface area contributed by atoms with Crippen LogP contribution in [-0.4, -0.2) is 40.7 Å². The number of anilines is 3. The summed E-state index contributed by atoms with van der Waals surface area (Å²) in [5.41, 5.74) is 15.7. The Kier molecular flexibility index (Phi) is 9.21. The van der Waals surface area contributed by atoms with Gasteiger partial charge in [-0.25, -0.2) is 4.98 Å². The Hall–Kier alpha value is -3.59. The molecule has 3 aromatic rings. The minimum Gasteiger partial charge on any atom is -0.494 e. The normalized spacial score (nSPS) is 17.1. The summed E-state index contributed by atoms with van der Waals surface area (Å²) in [5.74, 6) is 1.22. The molecular formula is C31H42N6O3. The van der Waals surface area contributed by atoms with Crippen molar-refractivity contribution in [3.8, 4) is 5.75 Å². The molecule has 6 N–H and O–H groups in total. The first-order valence-electron chi connectivity index (χ1n) is 14.7. The number of nitrogen functional groups attached to an aromatic ring is 2. The number of fused-ring (bicyclic) bond motifs is 1. The lowest BCUT2D eigenvalue weighted by Crippen LogP contribution is -2.46. The van der Waals surface area contributed by atoms with Gasteiger partial charge in [0.1, 0.15) is 23.7 Å². The molecule has 2 aromatic carbocycles. The standard InChI is InChI=1S/C31H42N6O3/c1-20-21(11-16-26-28(20)29(32)37-31(33)36-26)19-34-22-12-14-24(15-13-22)39-18-17-27(35-23-7-3-2-4-8-23)30(38)40-25-9-5-6-10-25/h11-16,23,25,27,34-35H,2-10,17-19H2,1H3,(H4,32,33,36,37)/t27-/m0/s1. The van der Waals surface area contributed by atoms with Crippen LogP contribution in [0, 0.1) is 6.92 Å². The predicted molar refractivity (Wildman–Crippen MR) is 159 cm³/mol. The van der Waals surface area contributed by atoms with Crippen molar-refractivity contribution in [2.45, 2.75) is 95.9 Å². The van der Waals surface area contributed by atoms with Crippen LogP contribution in [0.15, 0.2) is 36.4 Å². The first-order valence-corrected chi connectivity index (χ1v) is 14.7. The lowest BCUT2D eigenvalue weighted by molar-refractivity contribution is -0.152. The van der Waals surface area contributed by atoms with E-state index in [2.05, 4.69) is 20.6 Å². The summed E-state index contributed by atoms with van der Waals surface area (Å²) in [5, 5.41) is 7.89. The van der Waals surface area contributed by atoms with Gasteiger partial charge in [-0.15, -0.1) is 0 Å². The first-order chi connectivity index (χ1) is 19.5. The smallest absolute Gasteiger partial charge is 0.323 e. The van der Waals surface area contributed by atoms with E-state index in [1.165, 1.54) is 19.3 Å². The Morgan fingerprint density at radius 3 is 2.45 bits per heavy atom. The second kappa shape index (κ2) is 13.2. The largest absolute Gasteiger partial charge is 0.494 e. The van der Waals surface area contributed by atoms with Crippen LogP contribution in [0.1, 0.15) is 75.3 Å². The lowest BCUT2D eigenvalue weighted by Gasteiger charge is -2.28. The molecule has 5 rings (SSSR count). The molecule has 40 heavy (non-hydrogen) atoms. The first kappa shape index (κ1) is 28.0. The van der Waals surface area contributed by atoms with Gasteiger partial charge in [0.25, 0.3) is 0 Å². The zero-order valence-electron chi connectivity index (χ0n) is 23.5. The van der Waals surface area contributed by atoms with Crippen LogP contribution in [0.2, 0.25) is 0 Å². The molecule has 2 fully saturated rings. The van der Waals surface area contributed by atoms with Crippen LogP contribution < -0.4 is 26.8 Å². The fourth-order valence-corrected chi connectivity index (χ4v) is 5.91. The van der Waals surface area contributed by atoms with E-state index in [0.717, 1.165) is 72.0 Å². The average molecular weight is 547 g/mol. The maximum Gasteiger partial charge on any atom is 0.323 e. The maximum absolute atomic E-state index is 13.0. The van der Waals surface area contributed by atoms with Crippen LogP contribution in [-0.2, 0) is 16.1 Å². The number of nitrogens with zero attached hydrogens (tertiary/aromatic N) is 2. The van der Waals surface area contributed by atoms with Crippen LogP contribution in [0.5, 0.6) is 5.75 Å². The molecule has 1 heterocycles. The van der Waals surface area contributed by atoms with Gasteiger partial charge < -0.3 is 31.6 Å². The predicted octanol–water partition coefficient (Wildman–Crippen LogP) is 5.26. The summed E-state index contributed by atoms with van der Waals surface area (Å²) in [6.07, 6.45) is 10.9. The van der Waals surface area contributed by atoms with E-state index in [1.807, 2.05) is 43.3 Å². The van der Waals surface area contributed by atoms with E-state index >= 15 is 0 Å². The molecule has 0 saturated heterocycles. The number of aromatic nitrogens is 2. The number of hydrogen-bond donors (Lipinski definition) is 4. The summed E-state index contributed by atoms with van der Waals surface area (Å²) in [6, 6.07) is 11.9. The second-order valence-electron chi connectivity index (χ2n) is 11.1. The maximum atomic E-state index is 13.0. The highest BCUT2D eigenvalue weighted by molar-refractivity contribution is 5.92. The number of benzene rings is 2. The topological polar surface area (TPSA) is 137 Å². The minimum absolute atomic E-state index is 0.0759. The molecule has 1 aromatic heterocycles. The number of aryl methyl sites for hydroxylation is 1. The second-order valence-corrected chi connectivity index (χ2v) is 11.1. The van der Waals surface area contributed by atoms with Crippen molar-refractivity contribution in [2.75, 3.05) is 23.4 Å². The summed E-state index contributed by atoms with van der Waals surface area (Å²) in [6.45, 7) is 3.09. The van der Waals surface area contributed by atoms with Gasteiger partial charge >= 0.3 is 5.97 Å². The molecule has 9 nitrogen and oxygen atoms in total. The van der Waals surface area contributed by atoms with Gasteiger partial charge in [-0.1, -0.05) is 25.3 Å². The number of carbonyl (C=O) groups excluding carboxylic acids is 1. The van der Waals surface area contributed by atoms with E-state index < -0.39 is 0 Å². The van der Waals surface area contributed by atoms with Gasteiger partial charge in [-0.05, 0) is 86.9 Å². The monoisotopic (exact) mass is 546 g/mol. The third-order valence-corrected chi connectivity index (χ3v) is 8.21. The molecule has 9 heteroatoms. The molecule has 2 saturated carbocycles. The highest BCUT2D eigenvalue weighted by Crippen LogP contribution is 2.27. The molecule has 0 bridgehead atoms. The van der Waals surface area contributed by atoms with E-state index in [4.69, 9.17) is 20.9 Å². The summed E-state index contributed by atoms with van der Waals surface area (Å²) in [4.78, 5) is 21.4. The fourth-order valence-electron chi connectivity index (χ4n) is 5.91. The van der Waals surface area contributed by atoms with Gasteiger partial charge in [0, 0.05) is 30.1 Å². The van der Waals surface area contributed by atoms with Crippen molar-refractivity contribution in [2.24, 2.45) is 0 Å². The average Bonchev–Trinajstić information content (AvgIpc) is 3.46. The molecule has 2 aliphatic rings. The Morgan fingerprint density at radius 1 is 0.975 bits per heavy atom. The Morgan fingerprint density at radius 2 is 1.70 bits per heavy atom. The number of rotatable bonds is 11. The van der Waals surface area contributed by atoms with Crippen molar-refractivity contribution < 1.29 is 14.3 Å². The molecule has 0 unspecified atom stereocenters. The highest BCUT2D eigenvalue weighted by atomic mass is 16.5. The van der Waals surface area contributed by atoms with E-state index in [1.54, 1.807) is 0 Å². The Bertz CT molecular complexity index is 1290.